The maximum atomic E-state index is 12.8. The summed E-state index contributed by atoms with van der Waals surface area (Å²) in [6, 6.07) is 3.75. The zero-order valence-corrected chi connectivity index (χ0v) is 13.2. The van der Waals surface area contributed by atoms with Crippen molar-refractivity contribution in [1.82, 2.24) is 9.97 Å². The van der Waals surface area contributed by atoms with Crippen molar-refractivity contribution >= 4 is 17.8 Å². The molecule has 3 rings (SSSR count). The number of aromatic amines is 1. The maximum absolute atomic E-state index is 12.8. The molecule has 118 valence electrons. The number of fused-ring (bicyclic) bond motifs is 1. The van der Waals surface area contributed by atoms with Crippen molar-refractivity contribution < 1.29 is 14.3 Å². The van der Waals surface area contributed by atoms with Gasteiger partial charge in [-0.25, -0.2) is 4.79 Å². The number of Topliss-reactive ketones (excluding diaryl/α,β-unsaturated/α-hetero) is 1. The molecular formula is C18H18N2O3. The molecule has 0 amide bonds. The number of pyridine rings is 1. The average molecular weight is 310 g/mol. The van der Waals surface area contributed by atoms with Crippen LogP contribution in [0, 0.1) is 6.92 Å². The number of hydrogen-bond donors (Lipinski definition) is 1. The molecular weight excluding hydrogens is 292 g/mol. The second-order valence-electron chi connectivity index (χ2n) is 5.48. The third kappa shape index (κ3) is 2.82. The third-order valence-electron chi connectivity index (χ3n) is 4.00. The van der Waals surface area contributed by atoms with Gasteiger partial charge in [-0.15, -0.1) is 0 Å². The van der Waals surface area contributed by atoms with Crippen molar-refractivity contribution in [2.24, 2.45) is 0 Å². The van der Waals surface area contributed by atoms with Crippen LogP contribution in [-0.4, -0.2) is 28.3 Å². The molecule has 0 radical (unpaired) electrons. The van der Waals surface area contributed by atoms with Crippen LogP contribution in [0.1, 0.15) is 51.0 Å². The summed E-state index contributed by atoms with van der Waals surface area (Å²) in [6.07, 6.45) is 6.64. The highest BCUT2D eigenvalue weighted by Crippen LogP contribution is 2.30. The molecule has 0 spiro atoms. The highest BCUT2D eigenvalue weighted by molar-refractivity contribution is 6.15. The van der Waals surface area contributed by atoms with Gasteiger partial charge in [0.2, 0.25) is 0 Å². The van der Waals surface area contributed by atoms with E-state index in [4.69, 9.17) is 4.74 Å². The first-order valence-corrected chi connectivity index (χ1v) is 7.65. The molecule has 0 atom stereocenters. The number of rotatable bonds is 3. The Hall–Kier alpha value is -2.69. The molecule has 2 heterocycles. The van der Waals surface area contributed by atoms with Gasteiger partial charge in [0.15, 0.2) is 5.78 Å². The van der Waals surface area contributed by atoms with Gasteiger partial charge in [-0.3, -0.25) is 9.78 Å². The molecule has 0 saturated heterocycles. The number of carbonyl (C=O) groups is 2. The summed E-state index contributed by atoms with van der Waals surface area (Å²) < 4.78 is 5.04. The summed E-state index contributed by atoms with van der Waals surface area (Å²) in [5.74, 6) is -0.440. The number of ketones is 1. The van der Waals surface area contributed by atoms with Gasteiger partial charge in [0.05, 0.1) is 6.61 Å². The van der Waals surface area contributed by atoms with E-state index in [1.165, 1.54) is 0 Å². The number of nitrogens with one attached hydrogen (secondary N) is 1. The number of carbonyl (C=O) groups excluding carboxylic acids is 2. The van der Waals surface area contributed by atoms with Gasteiger partial charge >= 0.3 is 5.97 Å². The number of esters is 1. The summed E-state index contributed by atoms with van der Waals surface area (Å²) in [4.78, 5) is 31.9. The topological polar surface area (TPSA) is 72.1 Å². The Kier molecular flexibility index (Phi) is 4.10. The van der Waals surface area contributed by atoms with Gasteiger partial charge < -0.3 is 9.72 Å². The third-order valence-corrected chi connectivity index (χ3v) is 4.00. The van der Waals surface area contributed by atoms with Crippen molar-refractivity contribution in [2.45, 2.75) is 26.7 Å². The molecule has 0 fully saturated rings. The number of ether oxygens (including phenoxy) is 1. The van der Waals surface area contributed by atoms with E-state index in [1.54, 1.807) is 26.2 Å². The van der Waals surface area contributed by atoms with Crippen molar-refractivity contribution in [2.75, 3.05) is 6.61 Å². The average Bonchev–Trinajstić information content (AvgIpc) is 2.89. The predicted octanol–water partition coefficient (Wildman–Crippen LogP) is 3.11. The highest BCUT2D eigenvalue weighted by atomic mass is 16.5. The van der Waals surface area contributed by atoms with Gasteiger partial charge in [-0.1, -0.05) is 6.07 Å². The van der Waals surface area contributed by atoms with E-state index in [0.717, 1.165) is 16.8 Å². The minimum Gasteiger partial charge on any atom is -0.461 e. The van der Waals surface area contributed by atoms with E-state index >= 15 is 0 Å². The molecule has 0 saturated carbocycles. The van der Waals surface area contributed by atoms with Crippen molar-refractivity contribution in [3.8, 4) is 0 Å². The zero-order valence-electron chi connectivity index (χ0n) is 13.2. The molecule has 2 aromatic heterocycles. The van der Waals surface area contributed by atoms with Crippen LogP contribution in [-0.2, 0) is 11.2 Å². The first-order chi connectivity index (χ1) is 11.1. The van der Waals surface area contributed by atoms with Crippen molar-refractivity contribution in [1.29, 1.82) is 0 Å². The standard InChI is InChI=1S/C18H18N2O3/c1-3-23-18(22)16-11(2)15-14(20-16)7-6-13(17(15)21)9-12-5-4-8-19-10-12/h4-5,8-10,20H,3,6-7H2,1-2H3/b13-9-. The summed E-state index contributed by atoms with van der Waals surface area (Å²) in [7, 11) is 0. The fraction of sp³-hybridized carbons (Fsp3) is 0.278. The first-order valence-electron chi connectivity index (χ1n) is 7.65. The Morgan fingerprint density at radius 1 is 1.43 bits per heavy atom. The summed E-state index contributed by atoms with van der Waals surface area (Å²) in [5.41, 5.74) is 4.11. The maximum Gasteiger partial charge on any atom is 0.355 e. The predicted molar refractivity (Wildman–Crippen MR) is 86.4 cm³/mol. The van der Waals surface area contributed by atoms with Crippen LogP contribution in [0.4, 0.5) is 0 Å². The lowest BCUT2D eigenvalue weighted by atomic mass is 9.88. The Morgan fingerprint density at radius 2 is 2.26 bits per heavy atom. The highest BCUT2D eigenvalue weighted by Gasteiger charge is 2.29. The fourth-order valence-electron chi connectivity index (χ4n) is 2.89. The molecule has 0 bridgehead atoms. The van der Waals surface area contributed by atoms with Crippen LogP contribution in [0.25, 0.3) is 6.08 Å². The summed E-state index contributed by atoms with van der Waals surface area (Å²) >= 11 is 0. The molecule has 1 N–H and O–H groups in total. The van der Waals surface area contributed by atoms with E-state index in [2.05, 4.69) is 9.97 Å². The molecule has 23 heavy (non-hydrogen) atoms. The molecule has 0 unspecified atom stereocenters. The second kappa shape index (κ2) is 6.20. The van der Waals surface area contributed by atoms with E-state index in [9.17, 15) is 9.59 Å². The zero-order chi connectivity index (χ0) is 16.4. The summed E-state index contributed by atoms with van der Waals surface area (Å²) in [5, 5.41) is 0. The van der Waals surface area contributed by atoms with Crippen LogP contribution in [0.2, 0.25) is 0 Å². The van der Waals surface area contributed by atoms with E-state index in [1.807, 2.05) is 18.2 Å². The molecule has 0 aromatic carbocycles. The van der Waals surface area contributed by atoms with Crippen LogP contribution in [0.15, 0.2) is 30.1 Å². The lowest BCUT2D eigenvalue weighted by Gasteiger charge is -2.14. The Morgan fingerprint density at radius 3 is 2.96 bits per heavy atom. The molecule has 2 aromatic rings. The largest absolute Gasteiger partial charge is 0.461 e. The first kappa shape index (κ1) is 15.2. The van der Waals surface area contributed by atoms with Crippen LogP contribution in [0.5, 0.6) is 0 Å². The van der Waals surface area contributed by atoms with Gasteiger partial charge in [0.25, 0.3) is 0 Å². The van der Waals surface area contributed by atoms with E-state index in [0.29, 0.717) is 36.3 Å². The van der Waals surface area contributed by atoms with E-state index in [-0.39, 0.29) is 5.78 Å². The quantitative estimate of drug-likeness (QED) is 0.698. The monoisotopic (exact) mass is 310 g/mol. The SMILES string of the molecule is CCOC(=O)c1[nH]c2c(c1C)C(=O)/C(=C\c1cccnc1)CC2. The number of H-pyrrole nitrogens is 1. The Labute approximate surface area is 134 Å². The number of aryl methyl sites for hydroxylation is 1. The van der Waals surface area contributed by atoms with Crippen LogP contribution in [0.3, 0.4) is 0 Å². The van der Waals surface area contributed by atoms with Crippen molar-refractivity contribution in [3.63, 3.8) is 0 Å². The minimum atomic E-state index is -0.412. The van der Waals surface area contributed by atoms with Gasteiger partial charge in [-0.05, 0) is 50.0 Å². The number of hydrogen-bond acceptors (Lipinski definition) is 4. The Balaban J connectivity index is 1.97. The lowest BCUT2D eigenvalue weighted by Crippen LogP contribution is -2.14. The van der Waals surface area contributed by atoms with E-state index < -0.39 is 5.97 Å². The van der Waals surface area contributed by atoms with Gasteiger partial charge in [0.1, 0.15) is 5.69 Å². The fourth-order valence-corrected chi connectivity index (χ4v) is 2.89. The number of nitrogens with zero attached hydrogens (tertiary/aromatic N) is 1. The molecule has 5 nitrogen and oxygen atoms in total. The molecule has 0 aliphatic heterocycles. The second-order valence-corrected chi connectivity index (χ2v) is 5.48. The van der Waals surface area contributed by atoms with Crippen molar-refractivity contribution in [3.05, 3.63) is 58.2 Å². The van der Waals surface area contributed by atoms with Crippen LogP contribution >= 0.6 is 0 Å². The molecule has 1 aliphatic carbocycles. The Bertz CT molecular complexity index is 788. The number of allylic oxidation sites excluding steroid dienone is 1. The summed E-state index contributed by atoms with van der Waals surface area (Å²) in [6.45, 7) is 3.85. The number of aromatic nitrogens is 2. The molecule has 5 heteroatoms. The van der Waals surface area contributed by atoms with Gasteiger partial charge in [-0.2, -0.15) is 0 Å². The smallest absolute Gasteiger partial charge is 0.355 e. The van der Waals surface area contributed by atoms with Crippen LogP contribution < -0.4 is 0 Å². The minimum absolute atomic E-state index is 0.0283. The van der Waals surface area contributed by atoms with Gasteiger partial charge in [0, 0.05) is 29.2 Å². The lowest BCUT2D eigenvalue weighted by molar-refractivity contribution is 0.0519. The molecule has 1 aliphatic rings. The normalized spacial score (nSPS) is 15.6.